The van der Waals surface area contributed by atoms with Crippen LogP contribution in [0.25, 0.3) is 11.1 Å². The Bertz CT molecular complexity index is 1180. The van der Waals surface area contributed by atoms with Crippen LogP contribution in [0.15, 0.2) is 54.6 Å². The van der Waals surface area contributed by atoms with Gasteiger partial charge in [0.15, 0.2) is 11.6 Å². The standard InChI is InChI=1S/C30H31F3O2/c1-3-5-20-8-15-26(27(31)18-20)30(34)35-23-13-11-22(12-14-23)25-17-16-24(28(32)29(25)33)21-9-6-19(4-2)7-10-21/h8,11-19,21H,3-7,9-10H2,1-2H3. The van der Waals surface area contributed by atoms with E-state index >= 15 is 4.39 Å². The molecule has 0 aromatic heterocycles. The van der Waals surface area contributed by atoms with Crippen molar-refractivity contribution in [2.24, 2.45) is 5.92 Å². The second kappa shape index (κ2) is 11.1. The molecule has 1 aliphatic rings. The lowest BCUT2D eigenvalue weighted by atomic mass is 9.77. The van der Waals surface area contributed by atoms with E-state index < -0.39 is 23.4 Å². The summed E-state index contributed by atoms with van der Waals surface area (Å²) in [7, 11) is 0. The molecule has 0 unspecified atom stereocenters. The maximum Gasteiger partial charge on any atom is 0.346 e. The average molecular weight is 481 g/mol. The van der Waals surface area contributed by atoms with Crippen molar-refractivity contribution in [3.8, 4) is 16.9 Å². The van der Waals surface area contributed by atoms with Gasteiger partial charge in [-0.15, -0.1) is 0 Å². The van der Waals surface area contributed by atoms with Crippen LogP contribution in [0.4, 0.5) is 13.2 Å². The highest BCUT2D eigenvalue weighted by atomic mass is 19.2. The molecular formula is C30H31F3O2. The van der Waals surface area contributed by atoms with E-state index in [2.05, 4.69) is 6.92 Å². The number of halogens is 3. The quantitative estimate of drug-likeness (QED) is 0.250. The lowest BCUT2D eigenvalue weighted by Gasteiger charge is -2.28. The summed E-state index contributed by atoms with van der Waals surface area (Å²) in [6.07, 6.45) is 6.61. The van der Waals surface area contributed by atoms with E-state index in [0.717, 1.165) is 50.5 Å². The summed E-state index contributed by atoms with van der Waals surface area (Å²) in [6, 6.07) is 13.9. The van der Waals surface area contributed by atoms with Crippen LogP contribution in [0, 0.1) is 23.4 Å². The maximum absolute atomic E-state index is 15.0. The van der Waals surface area contributed by atoms with Crippen LogP contribution < -0.4 is 4.74 Å². The number of hydrogen-bond acceptors (Lipinski definition) is 2. The Hall–Kier alpha value is -3.08. The Morgan fingerprint density at radius 2 is 1.60 bits per heavy atom. The molecule has 0 saturated heterocycles. The fourth-order valence-corrected chi connectivity index (χ4v) is 5.02. The second-order valence-electron chi connectivity index (χ2n) is 9.43. The highest BCUT2D eigenvalue weighted by Crippen LogP contribution is 2.39. The summed E-state index contributed by atoms with van der Waals surface area (Å²) in [4.78, 5) is 12.4. The first-order chi connectivity index (χ1) is 16.9. The number of aryl methyl sites for hydroxylation is 1. The smallest absolute Gasteiger partial charge is 0.346 e. The molecule has 3 aromatic carbocycles. The van der Waals surface area contributed by atoms with E-state index in [1.54, 1.807) is 30.3 Å². The largest absolute Gasteiger partial charge is 0.423 e. The third-order valence-corrected chi connectivity index (χ3v) is 7.14. The number of rotatable bonds is 7. The van der Waals surface area contributed by atoms with Gasteiger partial charge in [0.25, 0.3) is 0 Å². The summed E-state index contributed by atoms with van der Waals surface area (Å²) in [6.45, 7) is 4.17. The average Bonchev–Trinajstić information content (AvgIpc) is 2.86. The molecule has 0 radical (unpaired) electrons. The molecule has 0 aliphatic heterocycles. The van der Waals surface area contributed by atoms with E-state index in [-0.39, 0.29) is 22.8 Å². The Balaban J connectivity index is 1.47. The Kier molecular flexibility index (Phi) is 7.94. The van der Waals surface area contributed by atoms with Crippen LogP contribution in [-0.2, 0) is 6.42 Å². The molecular weight excluding hydrogens is 449 g/mol. The minimum absolute atomic E-state index is 0.0552. The van der Waals surface area contributed by atoms with E-state index in [1.165, 1.54) is 24.3 Å². The first-order valence-corrected chi connectivity index (χ1v) is 12.5. The SMILES string of the molecule is CCCc1ccc(C(=O)Oc2ccc(-c3ccc(C4CCC(CC)CC4)c(F)c3F)cc2)c(F)c1. The van der Waals surface area contributed by atoms with E-state index in [9.17, 15) is 13.6 Å². The van der Waals surface area contributed by atoms with Crippen molar-refractivity contribution in [2.45, 2.75) is 64.7 Å². The van der Waals surface area contributed by atoms with Gasteiger partial charge in [-0.2, -0.15) is 0 Å². The molecule has 0 bridgehead atoms. The van der Waals surface area contributed by atoms with Crippen LogP contribution in [0.1, 0.15) is 79.8 Å². The number of esters is 1. The first kappa shape index (κ1) is 25.0. The predicted octanol–water partition coefficient (Wildman–Crippen LogP) is 8.63. The van der Waals surface area contributed by atoms with Gasteiger partial charge in [-0.25, -0.2) is 18.0 Å². The summed E-state index contributed by atoms with van der Waals surface area (Å²) in [5.41, 5.74) is 1.75. The van der Waals surface area contributed by atoms with Crippen LogP contribution in [0.3, 0.4) is 0 Å². The molecule has 2 nitrogen and oxygen atoms in total. The van der Waals surface area contributed by atoms with Crippen LogP contribution in [0.2, 0.25) is 0 Å². The zero-order valence-electron chi connectivity index (χ0n) is 20.3. The molecule has 0 N–H and O–H groups in total. The Morgan fingerprint density at radius 3 is 2.23 bits per heavy atom. The van der Waals surface area contributed by atoms with Crippen molar-refractivity contribution in [3.05, 3.63) is 88.7 Å². The predicted molar refractivity (Wildman–Crippen MR) is 132 cm³/mol. The topological polar surface area (TPSA) is 26.3 Å². The third kappa shape index (κ3) is 5.61. The van der Waals surface area contributed by atoms with Gasteiger partial charge in [0.1, 0.15) is 11.6 Å². The molecule has 35 heavy (non-hydrogen) atoms. The molecule has 0 atom stereocenters. The third-order valence-electron chi connectivity index (χ3n) is 7.14. The number of benzene rings is 3. The van der Waals surface area contributed by atoms with Gasteiger partial charge in [0.05, 0.1) is 5.56 Å². The van der Waals surface area contributed by atoms with Crippen molar-refractivity contribution in [3.63, 3.8) is 0 Å². The monoisotopic (exact) mass is 480 g/mol. The highest BCUT2D eigenvalue weighted by Gasteiger charge is 2.26. The Labute approximate surface area is 205 Å². The number of carbonyl (C=O) groups is 1. The van der Waals surface area contributed by atoms with Gasteiger partial charge >= 0.3 is 5.97 Å². The van der Waals surface area contributed by atoms with Crippen LogP contribution >= 0.6 is 0 Å². The molecule has 0 amide bonds. The molecule has 0 heterocycles. The fraction of sp³-hybridized carbons (Fsp3) is 0.367. The van der Waals surface area contributed by atoms with Gasteiger partial charge < -0.3 is 4.74 Å². The van der Waals surface area contributed by atoms with Crippen molar-refractivity contribution in [1.29, 1.82) is 0 Å². The molecule has 5 heteroatoms. The van der Waals surface area contributed by atoms with Crippen molar-refractivity contribution < 1.29 is 22.7 Å². The maximum atomic E-state index is 15.0. The minimum Gasteiger partial charge on any atom is -0.423 e. The normalized spacial score (nSPS) is 17.9. The van der Waals surface area contributed by atoms with Crippen molar-refractivity contribution in [2.75, 3.05) is 0 Å². The molecule has 3 aromatic rings. The molecule has 1 aliphatic carbocycles. The van der Waals surface area contributed by atoms with E-state index in [4.69, 9.17) is 4.74 Å². The van der Waals surface area contributed by atoms with Gasteiger partial charge in [0.2, 0.25) is 0 Å². The summed E-state index contributed by atoms with van der Waals surface area (Å²) >= 11 is 0. The van der Waals surface area contributed by atoms with Gasteiger partial charge in [-0.05, 0) is 84.9 Å². The van der Waals surface area contributed by atoms with Crippen LogP contribution in [-0.4, -0.2) is 5.97 Å². The van der Waals surface area contributed by atoms with Gasteiger partial charge in [-0.1, -0.05) is 57.0 Å². The number of carbonyl (C=O) groups excluding carboxylic acids is 1. The van der Waals surface area contributed by atoms with Gasteiger partial charge in [-0.3, -0.25) is 0 Å². The Morgan fingerprint density at radius 1 is 0.886 bits per heavy atom. The van der Waals surface area contributed by atoms with Crippen molar-refractivity contribution in [1.82, 2.24) is 0 Å². The molecule has 1 fully saturated rings. The molecule has 184 valence electrons. The van der Waals surface area contributed by atoms with Gasteiger partial charge in [0, 0.05) is 5.56 Å². The lowest BCUT2D eigenvalue weighted by molar-refractivity contribution is 0.0730. The fourth-order valence-electron chi connectivity index (χ4n) is 5.02. The van der Waals surface area contributed by atoms with E-state index in [1.807, 2.05) is 6.92 Å². The highest BCUT2D eigenvalue weighted by molar-refractivity contribution is 5.91. The number of ether oxygens (including phenoxy) is 1. The summed E-state index contributed by atoms with van der Waals surface area (Å²) in [5, 5.41) is 0. The second-order valence-corrected chi connectivity index (χ2v) is 9.43. The van der Waals surface area contributed by atoms with Crippen molar-refractivity contribution >= 4 is 5.97 Å². The zero-order valence-corrected chi connectivity index (χ0v) is 20.3. The zero-order chi connectivity index (χ0) is 24.9. The molecule has 0 spiro atoms. The molecule has 1 saturated carbocycles. The summed E-state index contributed by atoms with van der Waals surface area (Å²) in [5.74, 6) is -2.14. The summed E-state index contributed by atoms with van der Waals surface area (Å²) < 4.78 is 49.6. The number of hydrogen-bond donors (Lipinski definition) is 0. The molecule has 4 rings (SSSR count). The van der Waals surface area contributed by atoms with E-state index in [0.29, 0.717) is 17.0 Å². The lowest BCUT2D eigenvalue weighted by Crippen LogP contribution is -2.14. The minimum atomic E-state index is -0.862. The van der Waals surface area contributed by atoms with Crippen LogP contribution in [0.5, 0.6) is 5.75 Å². The first-order valence-electron chi connectivity index (χ1n) is 12.5.